The van der Waals surface area contributed by atoms with Crippen LogP contribution in [0, 0.1) is 5.92 Å². The first kappa shape index (κ1) is 19.7. The van der Waals surface area contributed by atoms with Gasteiger partial charge < -0.3 is 14.6 Å². The predicted octanol–water partition coefficient (Wildman–Crippen LogP) is 2.34. The number of ether oxygens (including phenoxy) is 1. The van der Waals surface area contributed by atoms with Gasteiger partial charge in [0.2, 0.25) is 5.91 Å². The minimum absolute atomic E-state index is 0.0831. The number of benzene rings is 1. The summed E-state index contributed by atoms with van der Waals surface area (Å²) in [5.41, 5.74) is 0.868. The number of amides is 2. The molecule has 1 aromatic heterocycles. The SMILES string of the molecule is CC[C@H](C)[C@H](NCCn1ccnc1)C(=O)NC(=O)OCc1ccccc1. The maximum Gasteiger partial charge on any atom is 0.414 e. The smallest absolute Gasteiger partial charge is 0.414 e. The van der Waals surface area contributed by atoms with Gasteiger partial charge in [0.25, 0.3) is 0 Å². The Bertz CT molecular complexity index is 673. The Kier molecular flexibility index (Phi) is 7.82. The fraction of sp³-hybridized carbons (Fsp3) is 0.421. The number of hydrogen-bond acceptors (Lipinski definition) is 5. The minimum Gasteiger partial charge on any atom is -0.444 e. The Labute approximate surface area is 153 Å². The summed E-state index contributed by atoms with van der Waals surface area (Å²) >= 11 is 0. The summed E-state index contributed by atoms with van der Waals surface area (Å²) in [6.07, 6.45) is 5.38. The van der Waals surface area contributed by atoms with Gasteiger partial charge in [-0.25, -0.2) is 9.78 Å². The second-order valence-electron chi connectivity index (χ2n) is 6.17. The lowest BCUT2D eigenvalue weighted by Gasteiger charge is -2.23. The Morgan fingerprint density at radius 1 is 1.27 bits per heavy atom. The van der Waals surface area contributed by atoms with Crippen molar-refractivity contribution in [2.45, 2.75) is 39.5 Å². The summed E-state index contributed by atoms with van der Waals surface area (Å²) in [6.45, 7) is 5.40. The number of imide groups is 1. The Morgan fingerprint density at radius 3 is 2.69 bits per heavy atom. The van der Waals surface area contributed by atoms with E-state index in [0.717, 1.165) is 12.0 Å². The van der Waals surface area contributed by atoms with E-state index in [1.54, 1.807) is 12.5 Å². The van der Waals surface area contributed by atoms with Crippen molar-refractivity contribution >= 4 is 12.0 Å². The molecule has 0 spiro atoms. The third-order valence-electron chi connectivity index (χ3n) is 4.23. The summed E-state index contributed by atoms with van der Waals surface area (Å²) in [5.74, 6) is -0.289. The number of carbonyl (C=O) groups is 2. The van der Waals surface area contributed by atoms with Gasteiger partial charge >= 0.3 is 6.09 Å². The normalized spacial score (nSPS) is 13.0. The molecule has 0 aliphatic carbocycles. The van der Waals surface area contributed by atoms with Gasteiger partial charge in [-0.2, -0.15) is 0 Å². The second kappa shape index (κ2) is 10.4. The van der Waals surface area contributed by atoms with Gasteiger partial charge in [0, 0.05) is 25.5 Å². The lowest BCUT2D eigenvalue weighted by Crippen LogP contribution is -2.50. The molecule has 0 saturated carbocycles. The molecule has 2 atom stereocenters. The van der Waals surface area contributed by atoms with Gasteiger partial charge in [0.05, 0.1) is 12.4 Å². The maximum absolute atomic E-state index is 12.5. The number of hydrogen-bond donors (Lipinski definition) is 2. The monoisotopic (exact) mass is 358 g/mol. The fourth-order valence-corrected chi connectivity index (χ4v) is 2.49. The molecule has 0 unspecified atom stereocenters. The Hall–Kier alpha value is -2.67. The van der Waals surface area contributed by atoms with Crippen LogP contribution in [0.2, 0.25) is 0 Å². The maximum atomic E-state index is 12.5. The highest BCUT2D eigenvalue weighted by Crippen LogP contribution is 2.08. The van der Waals surface area contributed by atoms with E-state index in [1.165, 1.54) is 0 Å². The van der Waals surface area contributed by atoms with Gasteiger partial charge in [-0.15, -0.1) is 0 Å². The molecule has 7 nitrogen and oxygen atoms in total. The molecular formula is C19H26N4O3. The van der Waals surface area contributed by atoms with Crippen molar-refractivity contribution < 1.29 is 14.3 Å². The summed E-state index contributed by atoms with van der Waals surface area (Å²) in [7, 11) is 0. The molecule has 2 N–H and O–H groups in total. The number of imidazole rings is 1. The van der Waals surface area contributed by atoms with Crippen molar-refractivity contribution in [2.75, 3.05) is 6.54 Å². The molecule has 0 bridgehead atoms. The first-order chi connectivity index (χ1) is 12.6. The molecule has 0 aliphatic rings. The molecule has 1 aromatic carbocycles. The molecule has 26 heavy (non-hydrogen) atoms. The van der Waals surface area contributed by atoms with Crippen molar-refractivity contribution in [2.24, 2.45) is 5.92 Å². The highest BCUT2D eigenvalue weighted by molar-refractivity contribution is 5.95. The molecule has 0 fully saturated rings. The van der Waals surface area contributed by atoms with E-state index < -0.39 is 12.1 Å². The summed E-state index contributed by atoms with van der Waals surface area (Å²) in [4.78, 5) is 28.4. The molecule has 0 saturated heterocycles. The molecule has 0 aliphatic heterocycles. The topological polar surface area (TPSA) is 85.3 Å². The van der Waals surface area contributed by atoms with Gasteiger partial charge in [0.15, 0.2) is 0 Å². The lowest BCUT2D eigenvalue weighted by molar-refractivity contribution is -0.123. The number of alkyl carbamates (subject to hydrolysis) is 1. The van der Waals surface area contributed by atoms with Crippen molar-refractivity contribution in [3.63, 3.8) is 0 Å². The van der Waals surface area contributed by atoms with Crippen molar-refractivity contribution in [3.8, 4) is 0 Å². The molecule has 1 heterocycles. The second-order valence-corrected chi connectivity index (χ2v) is 6.17. The summed E-state index contributed by atoms with van der Waals surface area (Å²) in [6, 6.07) is 8.87. The number of rotatable bonds is 9. The largest absolute Gasteiger partial charge is 0.444 e. The highest BCUT2D eigenvalue weighted by Gasteiger charge is 2.25. The zero-order valence-electron chi connectivity index (χ0n) is 15.2. The van der Waals surface area contributed by atoms with Crippen LogP contribution in [0.3, 0.4) is 0 Å². The van der Waals surface area contributed by atoms with Crippen LogP contribution >= 0.6 is 0 Å². The number of aromatic nitrogens is 2. The van der Waals surface area contributed by atoms with Crippen LogP contribution < -0.4 is 10.6 Å². The van der Waals surface area contributed by atoms with E-state index >= 15 is 0 Å². The molecular weight excluding hydrogens is 332 g/mol. The van der Waals surface area contributed by atoms with E-state index in [1.807, 2.05) is 54.9 Å². The van der Waals surface area contributed by atoms with Crippen LogP contribution in [-0.2, 0) is 22.7 Å². The molecule has 7 heteroatoms. The van der Waals surface area contributed by atoms with E-state index in [0.29, 0.717) is 13.1 Å². The van der Waals surface area contributed by atoms with E-state index in [2.05, 4.69) is 15.6 Å². The zero-order valence-corrected chi connectivity index (χ0v) is 15.2. The fourth-order valence-electron chi connectivity index (χ4n) is 2.49. The van der Waals surface area contributed by atoms with Crippen LogP contribution in [0.25, 0.3) is 0 Å². The predicted molar refractivity (Wildman–Crippen MR) is 98.2 cm³/mol. The zero-order chi connectivity index (χ0) is 18.8. The summed E-state index contributed by atoms with van der Waals surface area (Å²) in [5, 5.41) is 5.55. The van der Waals surface area contributed by atoms with Gasteiger partial charge in [-0.05, 0) is 11.5 Å². The average Bonchev–Trinajstić information content (AvgIpc) is 3.17. The van der Waals surface area contributed by atoms with E-state index in [4.69, 9.17) is 4.74 Å². The Balaban J connectivity index is 1.81. The van der Waals surface area contributed by atoms with Gasteiger partial charge in [0.1, 0.15) is 6.61 Å². The molecule has 0 radical (unpaired) electrons. The first-order valence-electron chi connectivity index (χ1n) is 8.80. The van der Waals surface area contributed by atoms with Crippen molar-refractivity contribution in [3.05, 3.63) is 54.6 Å². The third kappa shape index (κ3) is 6.33. The lowest BCUT2D eigenvalue weighted by atomic mass is 9.98. The average molecular weight is 358 g/mol. The van der Waals surface area contributed by atoms with Gasteiger partial charge in [-0.3, -0.25) is 10.1 Å². The van der Waals surface area contributed by atoms with Crippen LogP contribution in [0.15, 0.2) is 49.1 Å². The van der Waals surface area contributed by atoms with E-state index in [-0.39, 0.29) is 18.4 Å². The number of carbonyl (C=O) groups excluding carboxylic acids is 2. The van der Waals surface area contributed by atoms with Crippen LogP contribution in [0.1, 0.15) is 25.8 Å². The Morgan fingerprint density at radius 2 is 2.04 bits per heavy atom. The van der Waals surface area contributed by atoms with E-state index in [9.17, 15) is 9.59 Å². The van der Waals surface area contributed by atoms with Crippen molar-refractivity contribution in [1.29, 1.82) is 0 Å². The first-order valence-corrected chi connectivity index (χ1v) is 8.80. The standard InChI is InChI=1S/C19H26N4O3/c1-3-15(2)17(21-10-12-23-11-9-20-14-23)18(24)22-19(25)26-13-16-7-5-4-6-8-16/h4-9,11,14-15,17,21H,3,10,12-13H2,1-2H3,(H,22,24,25)/t15-,17-/m0/s1. The van der Waals surface area contributed by atoms with Gasteiger partial charge in [-0.1, -0.05) is 50.6 Å². The minimum atomic E-state index is -0.733. The van der Waals surface area contributed by atoms with Crippen LogP contribution in [0.4, 0.5) is 4.79 Å². The van der Waals surface area contributed by atoms with Crippen molar-refractivity contribution in [1.82, 2.24) is 20.2 Å². The number of nitrogens with one attached hydrogen (secondary N) is 2. The molecule has 2 aromatic rings. The summed E-state index contributed by atoms with van der Waals surface area (Å²) < 4.78 is 7.04. The molecule has 2 rings (SSSR count). The number of nitrogens with zero attached hydrogens (tertiary/aromatic N) is 2. The third-order valence-corrected chi connectivity index (χ3v) is 4.23. The molecule has 2 amide bonds. The quantitative estimate of drug-likeness (QED) is 0.719. The van der Waals surface area contributed by atoms with Crippen LogP contribution in [0.5, 0.6) is 0 Å². The highest BCUT2D eigenvalue weighted by atomic mass is 16.5. The molecule has 140 valence electrons. The van der Waals surface area contributed by atoms with Crippen LogP contribution in [-0.4, -0.2) is 34.1 Å².